The molecule has 0 atom stereocenters. The minimum absolute atomic E-state index is 0.215. The van der Waals surface area contributed by atoms with E-state index in [0.717, 1.165) is 49.5 Å². The maximum atomic E-state index is 11.4. The number of primary amides is 1. The Morgan fingerprint density at radius 1 is 1.31 bits per heavy atom. The fraction of sp³-hybridized carbons (Fsp3) is 0.400. The van der Waals surface area contributed by atoms with Crippen molar-refractivity contribution in [1.29, 1.82) is 0 Å². The number of carbonyl (C=O) groups is 1. The van der Waals surface area contributed by atoms with Gasteiger partial charge in [-0.15, -0.1) is 0 Å². The highest BCUT2D eigenvalue weighted by Crippen LogP contribution is 2.25. The van der Waals surface area contributed by atoms with E-state index in [9.17, 15) is 4.79 Å². The number of para-hydroxylation sites is 1. The van der Waals surface area contributed by atoms with Crippen molar-refractivity contribution in [2.45, 2.75) is 46.3 Å². The molecule has 3 rings (SSSR count). The van der Waals surface area contributed by atoms with Crippen molar-refractivity contribution in [2.24, 2.45) is 5.73 Å². The van der Waals surface area contributed by atoms with Crippen LogP contribution in [0.5, 0.6) is 0 Å². The van der Waals surface area contributed by atoms with Crippen molar-refractivity contribution in [3.05, 3.63) is 53.7 Å². The molecule has 26 heavy (non-hydrogen) atoms. The second-order valence-corrected chi connectivity index (χ2v) is 6.55. The highest BCUT2D eigenvalue weighted by atomic mass is 16.1. The number of carbonyl (C=O) groups excluding carboxylic acids is 1. The summed E-state index contributed by atoms with van der Waals surface area (Å²) in [6.07, 6.45) is 5.91. The fourth-order valence-corrected chi connectivity index (χ4v) is 3.53. The molecule has 0 unspecified atom stereocenters. The molecule has 0 saturated carbocycles. The van der Waals surface area contributed by atoms with Crippen molar-refractivity contribution >= 4 is 16.8 Å². The zero-order chi connectivity index (χ0) is 18.5. The number of hydrogen-bond acceptors (Lipinski definition) is 3. The third kappa shape index (κ3) is 3.80. The largest absolute Gasteiger partial charge is 0.368 e. The van der Waals surface area contributed by atoms with Crippen LogP contribution in [0.1, 0.15) is 30.4 Å². The summed E-state index contributed by atoms with van der Waals surface area (Å²) in [5.41, 5.74) is 8.81. The number of benzene rings is 1. The first-order chi connectivity index (χ1) is 12.6. The van der Waals surface area contributed by atoms with Crippen LogP contribution in [0.2, 0.25) is 0 Å². The standard InChI is InChI=1S/C20H27N5O/c1-3-20-23-10-12-24(20)11-6-9-22-13-17-15(2)25(14-19(21)26)18-8-5-4-7-16(17)18/h4-5,7-8,10,12,22H,3,6,9,11,13-14H2,1-2H3,(H2,21,26). The number of fused-ring (bicyclic) bond motifs is 1. The van der Waals surface area contributed by atoms with Gasteiger partial charge in [-0.25, -0.2) is 4.98 Å². The first-order valence-electron chi connectivity index (χ1n) is 9.17. The van der Waals surface area contributed by atoms with Gasteiger partial charge in [0.2, 0.25) is 5.91 Å². The highest BCUT2D eigenvalue weighted by molar-refractivity contribution is 5.87. The lowest BCUT2D eigenvalue weighted by atomic mass is 10.1. The van der Waals surface area contributed by atoms with Crippen LogP contribution < -0.4 is 11.1 Å². The molecule has 2 heterocycles. The van der Waals surface area contributed by atoms with Crippen LogP contribution in [0.3, 0.4) is 0 Å². The smallest absolute Gasteiger partial charge is 0.237 e. The summed E-state index contributed by atoms with van der Waals surface area (Å²) in [5, 5.41) is 4.72. The highest BCUT2D eigenvalue weighted by Gasteiger charge is 2.14. The maximum Gasteiger partial charge on any atom is 0.237 e. The van der Waals surface area contributed by atoms with Crippen LogP contribution in [0.15, 0.2) is 36.7 Å². The first-order valence-corrected chi connectivity index (χ1v) is 9.17. The second-order valence-electron chi connectivity index (χ2n) is 6.55. The van der Waals surface area contributed by atoms with Crippen LogP contribution in [-0.2, 0) is 30.8 Å². The Morgan fingerprint density at radius 3 is 2.88 bits per heavy atom. The molecule has 0 spiro atoms. The maximum absolute atomic E-state index is 11.4. The Bertz CT molecular complexity index is 893. The third-order valence-electron chi connectivity index (χ3n) is 4.85. The van der Waals surface area contributed by atoms with Gasteiger partial charge >= 0.3 is 0 Å². The molecule has 6 heteroatoms. The average Bonchev–Trinajstić information content (AvgIpc) is 3.19. The number of aromatic nitrogens is 3. The average molecular weight is 353 g/mol. The van der Waals surface area contributed by atoms with Gasteiger partial charge in [0.1, 0.15) is 12.4 Å². The molecule has 138 valence electrons. The minimum atomic E-state index is -0.319. The van der Waals surface area contributed by atoms with E-state index < -0.39 is 0 Å². The van der Waals surface area contributed by atoms with Gasteiger partial charge in [-0.2, -0.15) is 0 Å². The molecule has 1 aromatic carbocycles. The Morgan fingerprint density at radius 2 is 2.12 bits per heavy atom. The quantitative estimate of drug-likeness (QED) is 0.580. The lowest BCUT2D eigenvalue weighted by Gasteiger charge is -2.09. The third-order valence-corrected chi connectivity index (χ3v) is 4.85. The molecule has 0 aliphatic heterocycles. The van der Waals surface area contributed by atoms with Gasteiger partial charge in [0.15, 0.2) is 0 Å². The van der Waals surface area contributed by atoms with E-state index in [4.69, 9.17) is 5.73 Å². The second kappa shape index (κ2) is 8.19. The Labute approximate surface area is 154 Å². The van der Waals surface area contributed by atoms with Crippen LogP contribution in [0.4, 0.5) is 0 Å². The monoisotopic (exact) mass is 353 g/mol. The lowest BCUT2D eigenvalue weighted by molar-refractivity contribution is -0.118. The molecular weight excluding hydrogens is 326 g/mol. The van der Waals surface area contributed by atoms with Crippen LogP contribution in [-0.4, -0.2) is 26.6 Å². The summed E-state index contributed by atoms with van der Waals surface area (Å²) >= 11 is 0. The number of nitrogens with zero attached hydrogens (tertiary/aromatic N) is 3. The van der Waals surface area contributed by atoms with E-state index in [2.05, 4.69) is 34.8 Å². The molecule has 0 saturated heterocycles. The predicted octanol–water partition coefficient (Wildman–Crippen LogP) is 2.37. The number of nitrogens with two attached hydrogens (primary N) is 1. The number of imidazole rings is 1. The van der Waals surface area contributed by atoms with Crippen LogP contribution >= 0.6 is 0 Å². The van der Waals surface area contributed by atoms with Crippen LogP contribution in [0.25, 0.3) is 10.9 Å². The molecule has 0 radical (unpaired) electrons. The summed E-state index contributed by atoms with van der Waals surface area (Å²) in [5.74, 6) is 0.816. The summed E-state index contributed by atoms with van der Waals surface area (Å²) in [6.45, 7) is 7.07. The van der Waals surface area contributed by atoms with Gasteiger partial charge in [-0.05, 0) is 31.5 Å². The van der Waals surface area contributed by atoms with Gasteiger partial charge in [0.05, 0.1) is 0 Å². The molecule has 0 fully saturated rings. The van der Waals surface area contributed by atoms with Gasteiger partial charge in [0.25, 0.3) is 0 Å². The van der Waals surface area contributed by atoms with Crippen molar-refractivity contribution < 1.29 is 4.79 Å². The van der Waals surface area contributed by atoms with Crippen molar-refractivity contribution in [2.75, 3.05) is 6.54 Å². The summed E-state index contributed by atoms with van der Waals surface area (Å²) in [7, 11) is 0. The number of rotatable bonds is 9. The van der Waals surface area contributed by atoms with E-state index in [0.29, 0.717) is 0 Å². The molecule has 0 aliphatic carbocycles. The summed E-state index contributed by atoms with van der Waals surface area (Å²) in [6, 6.07) is 8.17. The van der Waals surface area contributed by atoms with Gasteiger partial charge in [0, 0.05) is 48.5 Å². The lowest BCUT2D eigenvalue weighted by Crippen LogP contribution is -2.20. The number of amides is 1. The molecule has 0 bridgehead atoms. The molecule has 2 aromatic heterocycles. The zero-order valence-electron chi connectivity index (χ0n) is 15.5. The van der Waals surface area contributed by atoms with E-state index >= 15 is 0 Å². The molecule has 1 amide bonds. The zero-order valence-corrected chi connectivity index (χ0v) is 15.5. The van der Waals surface area contributed by atoms with Gasteiger partial charge in [-0.1, -0.05) is 25.1 Å². The number of hydrogen-bond donors (Lipinski definition) is 2. The van der Waals surface area contributed by atoms with Gasteiger partial charge < -0.3 is 20.2 Å². The normalized spacial score (nSPS) is 11.3. The molecule has 0 aliphatic rings. The number of aryl methyl sites for hydroxylation is 2. The molecule has 3 N–H and O–H groups in total. The SMILES string of the molecule is CCc1nccn1CCCNCc1c(C)n(CC(N)=O)c2ccccc12. The summed E-state index contributed by atoms with van der Waals surface area (Å²) < 4.78 is 4.22. The molecule has 3 aromatic rings. The topological polar surface area (TPSA) is 77.9 Å². The van der Waals surface area contributed by atoms with E-state index in [1.165, 1.54) is 10.9 Å². The van der Waals surface area contributed by atoms with Crippen molar-refractivity contribution in [1.82, 2.24) is 19.4 Å². The predicted molar refractivity (Wildman–Crippen MR) is 104 cm³/mol. The van der Waals surface area contributed by atoms with Crippen LogP contribution in [0, 0.1) is 6.92 Å². The first kappa shape index (κ1) is 18.2. The van der Waals surface area contributed by atoms with Gasteiger partial charge in [-0.3, -0.25) is 4.79 Å². The van der Waals surface area contributed by atoms with E-state index in [1.807, 2.05) is 35.2 Å². The Balaban J connectivity index is 1.64. The van der Waals surface area contributed by atoms with Crippen molar-refractivity contribution in [3.63, 3.8) is 0 Å². The van der Waals surface area contributed by atoms with E-state index in [-0.39, 0.29) is 12.5 Å². The molecular formula is C20H27N5O. The van der Waals surface area contributed by atoms with Crippen molar-refractivity contribution in [3.8, 4) is 0 Å². The fourth-order valence-electron chi connectivity index (χ4n) is 3.53. The number of nitrogens with one attached hydrogen (secondary N) is 1. The Kier molecular flexibility index (Phi) is 5.73. The molecule has 6 nitrogen and oxygen atoms in total. The summed E-state index contributed by atoms with van der Waals surface area (Å²) in [4.78, 5) is 15.8. The van der Waals surface area contributed by atoms with E-state index in [1.54, 1.807) is 0 Å². The minimum Gasteiger partial charge on any atom is -0.368 e. The Hall–Kier alpha value is -2.60.